The Kier molecular flexibility index (Phi) is 3.54. The van der Waals surface area contributed by atoms with E-state index < -0.39 is 5.91 Å². The molecule has 1 amide bonds. The minimum atomic E-state index is -0.426. The van der Waals surface area contributed by atoms with Crippen molar-refractivity contribution in [3.63, 3.8) is 0 Å². The van der Waals surface area contributed by atoms with Crippen LogP contribution in [0.5, 0.6) is 0 Å². The molecule has 0 radical (unpaired) electrons. The SMILES string of the molecule is Cc1nc(CN2CCCC2c2[nH]ncc2C(N)=O)cs1. The number of H-pyrrole nitrogens is 1. The van der Waals surface area contributed by atoms with Gasteiger partial charge in [-0.1, -0.05) is 0 Å². The predicted octanol–water partition coefficient (Wildman–Crippen LogP) is 1.61. The third kappa shape index (κ3) is 2.46. The molecule has 6 nitrogen and oxygen atoms in total. The molecule has 3 heterocycles. The standard InChI is InChI=1S/C13H17N5OS/c1-8-16-9(7-20-8)6-18-4-2-3-11(18)12-10(13(14)19)5-15-17-12/h5,7,11H,2-4,6H2,1H3,(H2,14,19)(H,15,17). The number of aromatic nitrogens is 3. The minimum absolute atomic E-state index is 0.169. The Morgan fingerprint density at radius 1 is 1.65 bits per heavy atom. The summed E-state index contributed by atoms with van der Waals surface area (Å²) in [6.07, 6.45) is 3.62. The van der Waals surface area contributed by atoms with Gasteiger partial charge < -0.3 is 5.73 Å². The van der Waals surface area contributed by atoms with Gasteiger partial charge in [-0.15, -0.1) is 11.3 Å². The molecule has 2 aromatic rings. The molecule has 1 aliphatic rings. The van der Waals surface area contributed by atoms with Gasteiger partial charge in [0.15, 0.2) is 0 Å². The summed E-state index contributed by atoms with van der Waals surface area (Å²) in [5.74, 6) is -0.426. The molecule has 1 unspecified atom stereocenters. The molecule has 0 aromatic carbocycles. The summed E-state index contributed by atoms with van der Waals surface area (Å²) in [6, 6.07) is 0.169. The highest BCUT2D eigenvalue weighted by Gasteiger charge is 2.30. The van der Waals surface area contributed by atoms with Gasteiger partial charge in [0.25, 0.3) is 5.91 Å². The van der Waals surface area contributed by atoms with Crippen molar-refractivity contribution in [1.82, 2.24) is 20.1 Å². The van der Waals surface area contributed by atoms with Crippen LogP contribution in [0.25, 0.3) is 0 Å². The van der Waals surface area contributed by atoms with Crippen molar-refractivity contribution in [3.05, 3.63) is 33.5 Å². The van der Waals surface area contributed by atoms with Crippen molar-refractivity contribution in [3.8, 4) is 0 Å². The summed E-state index contributed by atoms with van der Waals surface area (Å²) >= 11 is 1.66. The van der Waals surface area contributed by atoms with Gasteiger partial charge in [0.1, 0.15) is 0 Å². The van der Waals surface area contributed by atoms with E-state index in [0.717, 1.165) is 42.3 Å². The first-order valence-electron chi connectivity index (χ1n) is 6.63. The Hall–Kier alpha value is -1.73. The Morgan fingerprint density at radius 3 is 3.20 bits per heavy atom. The molecule has 7 heteroatoms. The van der Waals surface area contributed by atoms with E-state index in [1.165, 1.54) is 6.20 Å². The highest BCUT2D eigenvalue weighted by atomic mass is 32.1. The van der Waals surface area contributed by atoms with Gasteiger partial charge in [0.2, 0.25) is 0 Å². The first kappa shape index (κ1) is 13.3. The second-order valence-electron chi connectivity index (χ2n) is 5.05. The van der Waals surface area contributed by atoms with Crippen LogP contribution >= 0.6 is 11.3 Å². The van der Waals surface area contributed by atoms with Crippen molar-refractivity contribution < 1.29 is 4.79 Å². The third-order valence-corrected chi connectivity index (χ3v) is 4.49. The fourth-order valence-electron chi connectivity index (χ4n) is 2.78. The van der Waals surface area contributed by atoms with E-state index in [1.54, 1.807) is 11.3 Å². The van der Waals surface area contributed by atoms with Crippen molar-refractivity contribution >= 4 is 17.2 Å². The van der Waals surface area contributed by atoms with Gasteiger partial charge in [0, 0.05) is 11.9 Å². The van der Waals surface area contributed by atoms with Crippen LogP contribution in [0.1, 0.15) is 45.6 Å². The van der Waals surface area contributed by atoms with E-state index in [9.17, 15) is 4.79 Å². The molecule has 0 spiro atoms. The lowest BCUT2D eigenvalue weighted by atomic mass is 10.1. The molecule has 0 bridgehead atoms. The number of nitrogens with zero attached hydrogens (tertiary/aromatic N) is 3. The third-order valence-electron chi connectivity index (χ3n) is 3.66. The van der Waals surface area contributed by atoms with Crippen LogP contribution in [0, 0.1) is 6.92 Å². The number of nitrogens with one attached hydrogen (secondary N) is 1. The first-order valence-corrected chi connectivity index (χ1v) is 7.51. The van der Waals surface area contributed by atoms with E-state index in [2.05, 4.69) is 25.5 Å². The summed E-state index contributed by atoms with van der Waals surface area (Å²) in [6.45, 7) is 3.81. The van der Waals surface area contributed by atoms with Crippen LogP contribution in [0.3, 0.4) is 0 Å². The lowest BCUT2D eigenvalue weighted by molar-refractivity contribution is 0.0997. The van der Waals surface area contributed by atoms with E-state index in [-0.39, 0.29) is 6.04 Å². The number of primary amides is 1. The summed E-state index contributed by atoms with van der Waals surface area (Å²) < 4.78 is 0. The molecular weight excluding hydrogens is 274 g/mol. The maximum absolute atomic E-state index is 11.4. The number of thiazole rings is 1. The van der Waals surface area contributed by atoms with Crippen LogP contribution < -0.4 is 5.73 Å². The molecule has 106 valence electrons. The highest BCUT2D eigenvalue weighted by Crippen LogP contribution is 2.33. The number of nitrogens with two attached hydrogens (primary N) is 1. The van der Waals surface area contributed by atoms with Gasteiger partial charge in [-0.3, -0.25) is 14.8 Å². The molecular formula is C13H17N5OS. The van der Waals surface area contributed by atoms with Gasteiger partial charge >= 0.3 is 0 Å². The van der Waals surface area contributed by atoms with Crippen LogP contribution in [0.2, 0.25) is 0 Å². The maximum Gasteiger partial charge on any atom is 0.252 e. The summed E-state index contributed by atoms with van der Waals surface area (Å²) in [7, 11) is 0. The van der Waals surface area contributed by atoms with Gasteiger partial charge in [-0.2, -0.15) is 5.10 Å². The van der Waals surface area contributed by atoms with Crippen molar-refractivity contribution in [2.75, 3.05) is 6.54 Å². The molecule has 20 heavy (non-hydrogen) atoms. The predicted molar refractivity (Wildman–Crippen MR) is 76.3 cm³/mol. The monoisotopic (exact) mass is 291 g/mol. The van der Waals surface area contributed by atoms with Crippen LogP contribution in [0.15, 0.2) is 11.6 Å². The number of rotatable bonds is 4. The van der Waals surface area contributed by atoms with Crippen LogP contribution in [-0.2, 0) is 6.54 Å². The summed E-state index contributed by atoms with van der Waals surface area (Å²) in [4.78, 5) is 18.3. The van der Waals surface area contributed by atoms with E-state index in [1.807, 2.05) is 6.92 Å². The highest BCUT2D eigenvalue weighted by molar-refractivity contribution is 7.09. The average molecular weight is 291 g/mol. The second kappa shape index (κ2) is 5.34. The number of aromatic amines is 1. The topological polar surface area (TPSA) is 87.9 Å². The largest absolute Gasteiger partial charge is 0.365 e. The fourth-order valence-corrected chi connectivity index (χ4v) is 3.38. The molecule has 2 aromatic heterocycles. The van der Waals surface area contributed by atoms with Crippen LogP contribution in [0.4, 0.5) is 0 Å². The quantitative estimate of drug-likeness (QED) is 0.895. The lowest BCUT2D eigenvalue weighted by Gasteiger charge is -2.23. The maximum atomic E-state index is 11.4. The van der Waals surface area contributed by atoms with E-state index in [4.69, 9.17) is 5.73 Å². The molecule has 3 rings (SSSR count). The van der Waals surface area contributed by atoms with Crippen LogP contribution in [-0.4, -0.2) is 32.5 Å². The zero-order chi connectivity index (χ0) is 14.1. The van der Waals surface area contributed by atoms with Crippen molar-refractivity contribution in [2.24, 2.45) is 5.73 Å². The molecule has 1 atom stereocenters. The Morgan fingerprint density at radius 2 is 2.50 bits per heavy atom. The number of hydrogen-bond donors (Lipinski definition) is 2. The number of amides is 1. The van der Waals surface area contributed by atoms with E-state index >= 15 is 0 Å². The number of likely N-dealkylation sites (tertiary alicyclic amines) is 1. The van der Waals surface area contributed by atoms with E-state index in [0.29, 0.717) is 5.56 Å². The Balaban J connectivity index is 1.81. The zero-order valence-electron chi connectivity index (χ0n) is 11.3. The molecule has 1 fully saturated rings. The average Bonchev–Trinajstić information content (AvgIpc) is 3.09. The molecule has 1 aliphatic heterocycles. The van der Waals surface area contributed by atoms with Crippen molar-refractivity contribution in [1.29, 1.82) is 0 Å². The number of hydrogen-bond acceptors (Lipinski definition) is 5. The molecule has 0 aliphatic carbocycles. The molecule has 3 N–H and O–H groups in total. The normalized spacial score (nSPS) is 19.6. The fraction of sp³-hybridized carbons (Fsp3) is 0.462. The summed E-state index contributed by atoms with van der Waals surface area (Å²) in [5.41, 5.74) is 7.81. The van der Waals surface area contributed by atoms with Crippen molar-refractivity contribution in [2.45, 2.75) is 32.4 Å². The number of aryl methyl sites for hydroxylation is 1. The minimum Gasteiger partial charge on any atom is -0.365 e. The Labute approximate surface area is 121 Å². The molecule has 1 saturated heterocycles. The summed E-state index contributed by atoms with van der Waals surface area (Å²) in [5, 5.41) is 10.1. The zero-order valence-corrected chi connectivity index (χ0v) is 12.1. The smallest absolute Gasteiger partial charge is 0.252 e. The first-order chi connectivity index (χ1) is 9.65. The molecule has 0 saturated carbocycles. The van der Waals surface area contributed by atoms with Gasteiger partial charge in [0.05, 0.1) is 34.2 Å². The number of carbonyl (C=O) groups is 1. The Bertz CT molecular complexity index is 620. The lowest BCUT2D eigenvalue weighted by Crippen LogP contribution is -2.25. The van der Waals surface area contributed by atoms with Gasteiger partial charge in [-0.25, -0.2) is 4.98 Å². The second-order valence-corrected chi connectivity index (χ2v) is 6.11. The van der Waals surface area contributed by atoms with Gasteiger partial charge in [-0.05, 0) is 26.3 Å². The number of carbonyl (C=O) groups excluding carboxylic acids is 1.